The summed E-state index contributed by atoms with van der Waals surface area (Å²) >= 11 is 1.55. The van der Waals surface area contributed by atoms with Crippen molar-refractivity contribution in [2.24, 2.45) is 0 Å². The summed E-state index contributed by atoms with van der Waals surface area (Å²) in [6, 6.07) is 9.89. The summed E-state index contributed by atoms with van der Waals surface area (Å²) in [5, 5.41) is 11.4. The van der Waals surface area contributed by atoms with Gasteiger partial charge in [0.15, 0.2) is 0 Å². The monoisotopic (exact) mass is 233 g/mol. The minimum atomic E-state index is -0.783. The van der Waals surface area contributed by atoms with Crippen molar-refractivity contribution in [3.05, 3.63) is 41.4 Å². The van der Waals surface area contributed by atoms with Gasteiger partial charge in [0.1, 0.15) is 5.01 Å². The number of carbonyl (C=O) groups is 1. The second kappa shape index (κ2) is 4.90. The topological polar surface area (TPSA) is 50.2 Å². The van der Waals surface area contributed by atoms with Gasteiger partial charge in [-0.25, -0.2) is 4.98 Å². The van der Waals surface area contributed by atoms with Gasteiger partial charge in [-0.3, -0.25) is 4.79 Å². The van der Waals surface area contributed by atoms with Crippen LogP contribution in [0.5, 0.6) is 0 Å². The van der Waals surface area contributed by atoms with Crippen LogP contribution < -0.4 is 0 Å². The van der Waals surface area contributed by atoms with Crippen LogP contribution in [0, 0.1) is 0 Å². The van der Waals surface area contributed by atoms with Crippen LogP contribution in [-0.4, -0.2) is 16.1 Å². The average molecular weight is 233 g/mol. The Kier molecular flexibility index (Phi) is 3.31. The number of hydrogen-bond acceptors (Lipinski definition) is 3. The van der Waals surface area contributed by atoms with Gasteiger partial charge < -0.3 is 5.11 Å². The molecule has 0 saturated heterocycles. The normalized spacial score (nSPS) is 10.2. The predicted octanol–water partition coefficient (Wildman–Crippen LogP) is 2.83. The number of nitrogens with zero attached hydrogens (tertiary/aromatic N) is 1. The molecule has 1 aromatic heterocycles. The fraction of sp³-hybridized carbons (Fsp3) is 0.167. The molecule has 2 rings (SSSR count). The summed E-state index contributed by atoms with van der Waals surface area (Å²) < 4.78 is 0. The van der Waals surface area contributed by atoms with E-state index in [0.29, 0.717) is 6.42 Å². The second-order valence-electron chi connectivity index (χ2n) is 3.40. The summed E-state index contributed by atoms with van der Waals surface area (Å²) in [5.41, 5.74) is 1.93. The molecule has 3 nitrogen and oxygen atoms in total. The third-order valence-electron chi connectivity index (χ3n) is 2.17. The van der Waals surface area contributed by atoms with Crippen molar-refractivity contribution in [1.29, 1.82) is 0 Å². The predicted molar refractivity (Wildman–Crippen MR) is 63.5 cm³/mol. The maximum Gasteiger partial charge on any atom is 0.303 e. The first-order valence-electron chi connectivity index (χ1n) is 4.97. The molecule has 1 N–H and O–H groups in total. The lowest BCUT2D eigenvalue weighted by Crippen LogP contribution is -1.97. The summed E-state index contributed by atoms with van der Waals surface area (Å²) in [6.07, 6.45) is 0.636. The van der Waals surface area contributed by atoms with Crippen molar-refractivity contribution in [2.45, 2.75) is 12.8 Å². The molecule has 0 spiro atoms. The van der Waals surface area contributed by atoms with Crippen molar-refractivity contribution in [3.63, 3.8) is 0 Å². The number of benzene rings is 1. The number of thiazole rings is 1. The van der Waals surface area contributed by atoms with Crippen LogP contribution in [0.15, 0.2) is 35.7 Å². The van der Waals surface area contributed by atoms with Gasteiger partial charge >= 0.3 is 5.97 Å². The molecular weight excluding hydrogens is 222 g/mol. The molecule has 1 heterocycles. The zero-order valence-corrected chi connectivity index (χ0v) is 9.41. The van der Waals surface area contributed by atoms with E-state index < -0.39 is 5.97 Å². The van der Waals surface area contributed by atoms with Gasteiger partial charge in [0, 0.05) is 17.4 Å². The first kappa shape index (κ1) is 10.8. The maximum absolute atomic E-state index is 10.4. The van der Waals surface area contributed by atoms with Crippen LogP contribution in [0.4, 0.5) is 0 Å². The average Bonchev–Trinajstić information content (AvgIpc) is 2.76. The molecule has 0 atom stereocenters. The fourth-order valence-corrected chi connectivity index (χ4v) is 2.23. The zero-order valence-electron chi connectivity index (χ0n) is 8.59. The fourth-order valence-electron chi connectivity index (χ4n) is 1.37. The Labute approximate surface area is 97.4 Å². The zero-order chi connectivity index (χ0) is 11.4. The van der Waals surface area contributed by atoms with Gasteiger partial charge in [-0.15, -0.1) is 11.3 Å². The number of carboxylic acids is 1. The van der Waals surface area contributed by atoms with Gasteiger partial charge in [-0.05, 0) is 0 Å². The van der Waals surface area contributed by atoms with Crippen molar-refractivity contribution in [1.82, 2.24) is 4.98 Å². The number of aryl methyl sites for hydroxylation is 1. The molecule has 0 aliphatic carbocycles. The van der Waals surface area contributed by atoms with E-state index >= 15 is 0 Å². The van der Waals surface area contributed by atoms with E-state index in [9.17, 15) is 4.79 Å². The highest BCUT2D eigenvalue weighted by atomic mass is 32.1. The smallest absolute Gasteiger partial charge is 0.303 e. The van der Waals surface area contributed by atoms with Crippen LogP contribution in [0.1, 0.15) is 12.1 Å². The maximum atomic E-state index is 10.4. The first-order valence-corrected chi connectivity index (χ1v) is 5.85. The molecule has 0 bridgehead atoms. The molecule has 82 valence electrons. The van der Waals surface area contributed by atoms with Gasteiger partial charge in [0.05, 0.1) is 12.1 Å². The van der Waals surface area contributed by atoms with E-state index in [-0.39, 0.29) is 6.42 Å². The van der Waals surface area contributed by atoms with Crippen molar-refractivity contribution in [3.8, 4) is 10.6 Å². The Morgan fingerprint density at radius 2 is 2.06 bits per heavy atom. The summed E-state index contributed by atoms with van der Waals surface area (Å²) in [4.78, 5) is 14.8. The van der Waals surface area contributed by atoms with Crippen LogP contribution >= 0.6 is 11.3 Å². The van der Waals surface area contributed by atoms with Crippen LogP contribution in [0.3, 0.4) is 0 Å². The molecule has 1 aromatic carbocycles. The van der Waals surface area contributed by atoms with E-state index in [1.165, 1.54) is 0 Å². The highest BCUT2D eigenvalue weighted by Crippen LogP contribution is 2.23. The Balaban J connectivity index is 2.11. The minimum Gasteiger partial charge on any atom is -0.481 e. The number of aromatic nitrogens is 1. The molecule has 2 aromatic rings. The molecule has 0 aliphatic rings. The highest BCUT2D eigenvalue weighted by Gasteiger charge is 2.05. The first-order chi connectivity index (χ1) is 7.75. The Hall–Kier alpha value is -1.68. The molecule has 4 heteroatoms. The van der Waals surface area contributed by atoms with Crippen molar-refractivity contribution in [2.75, 3.05) is 0 Å². The van der Waals surface area contributed by atoms with E-state index in [1.54, 1.807) is 11.3 Å². The van der Waals surface area contributed by atoms with E-state index in [0.717, 1.165) is 16.3 Å². The number of aliphatic carboxylic acids is 1. The summed E-state index contributed by atoms with van der Waals surface area (Å²) in [6.45, 7) is 0. The van der Waals surface area contributed by atoms with Gasteiger partial charge in [0.2, 0.25) is 0 Å². The quantitative estimate of drug-likeness (QED) is 0.883. The largest absolute Gasteiger partial charge is 0.481 e. The van der Waals surface area contributed by atoms with E-state index in [2.05, 4.69) is 4.98 Å². The lowest BCUT2D eigenvalue weighted by Gasteiger charge is -1.94. The second-order valence-corrected chi connectivity index (χ2v) is 4.26. The third kappa shape index (κ3) is 2.67. The molecule has 0 saturated carbocycles. The summed E-state index contributed by atoms with van der Waals surface area (Å²) in [7, 11) is 0. The summed E-state index contributed by atoms with van der Waals surface area (Å²) in [5.74, 6) is -0.783. The molecular formula is C12H11NO2S. The van der Waals surface area contributed by atoms with Gasteiger partial charge in [-0.2, -0.15) is 0 Å². The molecule has 0 aliphatic heterocycles. The number of rotatable bonds is 4. The molecule has 0 unspecified atom stereocenters. The highest BCUT2D eigenvalue weighted by molar-refractivity contribution is 7.13. The number of hydrogen-bond donors (Lipinski definition) is 1. The SMILES string of the molecule is O=C(O)CCc1csc(-c2ccccc2)n1. The van der Waals surface area contributed by atoms with Crippen molar-refractivity contribution >= 4 is 17.3 Å². The van der Waals surface area contributed by atoms with Gasteiger partial charge in [-0.1, -0.05) is 30.3 Å². The lowest BCUT2D eigenvalue weighted by molar-refractivity contribution is -0.136. The van der Waals surface area contributed by atoms with Crippen LogP contribution in [0.25, 0.3) is 10.6 Å². The number of carboxylic acid groups (broad SMARTS) is 1. The lowest BCUT2D eigenvalue weighted by atomic mass is 10.2. The van der Waals surface area contributed by atoms with Crippen molar-refractivity contribution < 1.29 is 9.90 Å². The Morgan fingerprint density at radius 1 is 1.31 bits per heavy atom. The standard InChI is InChI=1S/C12H11NO2S/c14-11(15)7-6-10-8-16-12(13-10)9-4-2-1-3-5-9/h1-5,8H,6-7H2,(H,14,15). The van der Waals surface area contributed by atoms with Gasteiger partial charge in [0.25, 0.3) is 0 Å². The van der Waals surface area contributed by atoms with Crippen LogP contribution in [-0.2, 0) is 11.2 Å². The van der Waals surface area contributed by atoms with Crippen LogP contribution in [0.2, 0.25) is 0 Å². The third-order valence-corrected chi connectivity index (χ3v) is 3.11. The molecule has 0 amide bonds. The Morgan fingerprint density at radius 3 is 2.75 bits per heavy atom. The molecule has 16 heavy (non-hydrogen) atoms. The van der Waals surface area contributed by atoms with E-state index in [1.807, 2.05) is 35.7 Å². The molecule has 0 fully saturated rings. The molecule has 0 radical (unpaired) electrons. The minimum absolute atomic E-state index is 0.137. The van der Waals surface area contributed by atoms with E-state index in [4.69, 9.17) is 5.11 Å². The Bertz CT molecular complexity index is 479.